The molecule has 3 saturated carbocycles. The molecule has 0 aromatic carbocycles. The molecule has 7 rings (SSSR count). The van der Waals surface area contributed by atoms with Crippen LogP contribution in [0.15, 0.2) is 11.1 Å². The maximum Gasteiger partial charge on any atom is 0.174 e. The van der Waals surface area contributed by atoms with Gasteiger partial charge < -0.3 is 28.8 Å². The number of rotatable bonds is 0. The average molecular weight is 390 g/mol. The van der Waals surface area contributed by atoms with E-state index in [1.54, 1.807) is 0 Å². The molecule has 0 amide bonds. The molecule has 2 bridgehead atoms. The molecule has 6 nitrogen and oxygen atoms in total. The van der Waals surface area contributed by atoms with Gasteiger partial charge in [0.1, 0.15) is 0 Å². The van der Waals surface area contributed by atoms with Gasteiger partial charge in [0.25, 0.3) is 0 Å². The lowest BCUT2D eigenvalue weighted by atomic mass is 9.54. The quantitative estimate of drug-likeness (QED) is 0.641. The van der Waals surface area contributed by atoms with Crippen molar-refractivity contribution < 1.29 is 28.8 Å². The van der Waals surface area contributed by atoms with Crippen LogP contribution in [0.3, 0.4) is 0 Å². The number of aliphatic hydroxyl groups excluding tert-OH is 1. The van der Waals surface area contributed by atoms with Crippen molar-refractivity contribution in [2.24, 2.45) is 11.3 Å². The summed E-state index contributed by atoms with van der Waals surface area (Å²) in [7, 11) is 0. The highest BCUT2D eigenvalue weighted by Gasteiger charge is 2.76. The Bertz CT molecular complexity index is 765. The molecule has 0 radical (unpaired) electrons. The van der Waals surface area contributed by atoms with Gasteiger partial charge in [-0.05, 0) is 43.3 Å². The molecule has 154 valence electrons. The summed E-state index contributed by atoms with van der Waals surface area (Å²) in [6, 6.07) is 0. The predicted molar refractivity (Wildman–Crippen MR) is 97.4 cm³/mol. The Kier molecular flexibility index (Phi) is 3.09. The topological polar surface area (TPSA) is 66.4 Å². The molecular formula is C22H30O6. The van der Waals surface area contributed by atoms with E-state index in [0.29, 0.717) is 38.8 Å². The van der Waals surface area contributed by atoms with Crippen molar-refractivity contribution in [2.45, 2.75) is 87.2 Å². The molecule has 4 spiro atoms. The van der Waals surface area contributed by atoms with Gasteiger partial charge in [0.2, 0.25) is 0 Å². The largest absolute Gasteiger partial charge is 0.389 e. The van der Waals surface area contributed by atoms with Gasteiger partial charge in [-0.2, -0.15) is 0 Å². The van der Waals surface area contributed by atoms with Crippen molar-refractivity contribution in [2.75, 3.05) is 26.4 Å². The third-order valence-corrected chi connectivity index (χ3v) is 9.40. The first-order chi connectivity index (χ1) is 13.5. The van der Waals surface area contributed by atoms with Crippen molar-refractivity contribution in [3.05, 3.63) is 11.1 Å². The van der Waals surface area contributed by atoms with Crippen LogP contribution in [0.1, 0.15) is 58.3 Å². The second-order valence-corrected chi connectivity index (χ2v) is 10.3. The third kappa shape index (κ3) is 1.71. The SMILES string of the molecule is CC12CC(O)C3=C4CCC5(C[C@]46CC[C@]3(O6)C1CCC21OCCO1)OCCO5. The molecule has 5 atom stereocenters. The lowest BCUT2D eigenvalue weighted by Gasteiger charge is -2.54. The highest BCUT2D eigenvalue weighted by Crippen LogP contribution is 2.73. The summed E-state index contributed by atoms with van der Waals surface area (Å²) in [6.45, 7) is 4.93. The van der Waals surface area contributed by atoms with Gasteiger partial charge in [0, 0.05) is 30.6 Å². The van der Waals surface area contributed by atoms with Crippen molar-refractivity contribution in [3.8, 4) is 0 Å². The Hall–Kier alpha value is -0.500. The fourth-order valence-corrected chi connectivity index (χ4v) is 8.52. The van der Waals surface area contributed by atoms with Crippen molar-refractivity contribution in [1.29, 1.82) is 0 Å². The first-order valence-electron chi connectivity index (χ1n) is 11.1. The van der Waals surface area contributed by atoms with Gasteiger partial charge in [0.15, 0.2) is 11.6 Å². The lowest BCUT2D eigenvalue weighted by Crippen LogP contribution is -2.59. The minimum absolute atomic E-state index is 0.218. The molecule has 3 aliphatic carbocycles. The third-order valence-electron chi connectivity index (χ3n) is 9.40. The Balaban J connectivity index is 1.34. The lowest BCUT2D eigenvalue weighted by molar-refractivity contribution is -0.257. The van der Waals surface area contributed by atoms with Gasteiger partial charge in [-0.1, -0.05) is 6.92 Å². The van der Waals surface area contributed by atoms with Gasteiger partial charge in [-0.3, -0.25) is 0 Å². The van der Waals surface area contributed by atoms with Crippen LogP contribution < -0.4 is 0 Å². The van der Waals surface area contributed by atoms with E-state index in [9.17, 15) is 5.11 Å². The summed E-state index contributed by atoms with van der Waals surface area (Å²) in [5.41, 5.74) is 1.70. The summed E-state index contributed by atoms with van der Waals surface area (Å²) in [5, 5.41) is 11.4. The van der Waals surface area contributed by atoms with E-state index in [0.717, 1.165) is 44.9 Å². The fraction of sp³-hybridized carbons (Fsp3) is 0.909. The smallest absolute Gasteiger partial charge is 0.174 e. The maximum atomic E-state index is 11.4. The Labute approximate surface area is 165 Å². The van der Waals surface area contributed by atoms with E-state index in [1.165, 1.54) is 11.1 Å². The summed E-state index contributed by atoms with van der Waals surface area (Å²) < 4.78 is 31.7. The van der Waals surface area contributed by atoms with Gasteiger partial charge >= 0.3 is 0 Å². The van der Waals surface area contributed by atoms with Crippen LogP contribution in [0.5, 0.6) is 0 Å². The summed E-state index contributed by atoms with van der Waals surface area (Å²) in [4.78, 5) is 0. The van der Waals surface area contributed by atoms with Gasteiger partial charge in [0.05, 0.1) is 43.7 Å². The van der Waals surface area contributed by atoms with E-state index < -0.39 is 17.7 Å². The summed E-state index contributed by atoms with van der Waals surface area (Å²) in [5.74, 6) is -0.697. The van der Waals surface area contributed by atoms with E-state index in [-0.39, 0.29) is 16.6 Å². The number of ether oxygens (including phenoxy) is 5. The first-order valence-corrected chi connectivity index (χ1v) is 11.1. The Morgan fingerprint density at radius 3 is 2.46 bits per heavy atom. The molecule has 6 heteroatoms. The summed E-state index contributed by atoms with van der Waals surface area (Å²) in [6.07, 6.45) is 6.72. The number of fused-ring (bicyclic) bond motifs is 2. The van der Waals surface area contributed by atoms with Crippen LogP contribution in [0.4, 0.5) is 0 Å². The van der Waals surface area contributed by atoms with Crippen LogP contribution in [0.2, 0.25) is 0 Å². The van der Waals surface area contributed by atoms with Gasteiger partial charge in [-0.25, -0.2) is 0 Å². The molecular weight excluding hydrogens is 360 g/mol. The highest BCUT2D eigenvalue weighted by molar-refractivity contribution is 5.48. The second-order valence-electron chi connectivity index (χ2n) is 10.3. The molecule has 6 fully saturated rings. The van der Waals surface area contributed by atoms with Crippen molar-refractivity contribution in [3.63, 3.8) is 0 Å². The zero-order valence-corrected chi connectivity index (χ0v) is 16.6. The van der Waals surface area contributed by atoms with Crippen LogP contribution >= 0.6 is 0 Å². The zero-order valence-electron chi connectivity index (χ0n) is 16.6. The standard InChI is InChI=1S/C22H30O6/c1-18-12-15(23)17-14-2-4-20(24-8-9-25-20)13-19(14)6-7-21(17,28-19)16(18)3-5-22(18)26-10-11-27-22/h15-16,23H,2-13H2,1H3/t15?,16?,18?,19-,21+/m1/s1. The highest BCUT2D eigenvalue weighted by atomic mass is 16.7. The second kappa shape index (κ2) is 5.04. The predicted octanol–water partition coefficient (Wildman–Crippen LogP) is 2.44. The molecule has 0 aromatic heterocycles. The van der Waals surface area contributed by atoms with E-state index in [2.05, 4.69) is 6.92 Å². The molecule has 3 saturated heterocycles. The average Bonchev–Trinajstić information content (AvgIpc) is 3.44. The van der Waals surface area contributed by atoms with Crippen LogP contribution in [-0.4, -0.2) is 60.4 Å². The first kappa shape index (κ1) is 17.2. The van der Waals surface area contributed by atoms with Gasteiger partial charge in [-0.15, -0.1) is 0 Å². The molecule has 3 unspecified atom stereocenters. The molecule has 1 N–H and O–H groups in total. The minimum Gasteiger partial charge on any atom is -0.389 e. The Morgan fingerprint density at radius 2 is 1.68 bits per heavy atom. The monoisotopic (exact) mass is 390 g/mol. The molecule has 7 aliphatic rings. The Morgan fingerprint density at radius 1 is 0.929 bits per heavy atom. The number of hydrogen-bond donors (Lipinski definition) is 1. The molecule has 0 aromatic rings. The summed E-state index contributed by atoms with van der Waals surface area (Å²) >= 11 is 0. The minimum atomic E-state index is -0.546. The van der Waals surface area contributed by atoms with Crippen LogP contribution in [0.25, 0.3) is 0 Å². The van der Waals surface area contributed by atoms with Crippen molar-refractivity contribution >= 4 is 0 Å². The maximum absolute atomic E-state index is 11.4. The zero-order chi connectivity index (χ0) is 18.8. The van der Waals surface area contributed by atoms with Crippen LogP contribution in [0, 0.1) is 11.3 Å². The molecule has 28 heavy (non-hydrogen) atoms. The van der Waals surface area contributed by atoms with Crippen LogP contribution in [-0.2, 0) is 23.7 Å². The number of aliphatic hydroxyl groups is 1. The fourth-order valence-electron chi connectivity index (χ4n) is 8.52. The number of hydrogen-bond acceptors (Lipinski definition) is 6. The molecule has 4 heterocycles. The van der Waals surface area contributed by atoms with E-state index >= 15 is 0 Å². The van der Waals surface area contributed by atoms with Crippen molar-refractivity contribution in [1.82, 2.24) is 0 Å². The van der Waals surface area contributed by atoms with E-state index in [4.69, 9.17) is 23.7 Å². The van der Waals surface area contributed by atoms with E-state index in [1.807, 2.05) is 0 Å². The normalized spacial score (nSPS) is 52.5. The molecule has 4 aliphatic heterocycles.